The van der Waals surface area contributed by atoms with Crippen LogP contribution in [0.3, 0.4) is 0 Å². The molecule has 0 spiro atoms. The van der Waals surface area contributed by atoms with Gasteiger partial charge in [-0.1, -0.05) is 60.7 Å². The van der Waals surface area contributed by atoms with Crippen LogP contribution in [-0.2, 0) is 16.1 Å². The Morgan fingerprint density at radius 1 is 0.955 bits per heavy atom. The van der Waals surface area contributed by atoms with Gasteiger partial charge in [0.05, 0.1) is 29.5 Å². The average Bonchev–Trinajstić information content (AvgIpc) is 3.38. The van der Waals surface area contributed by atoms with Gasteiger partial charge in [-0.25, -0.2) is 13.5 Å². The van der Waals surface area contributed by atoms with Crippen LogP contribution in [-0.4, -0.2) is 41.0 Å². The lowest BCUT2D eigenvalue weighted by atomic mass is 9.99. The van der Waals surface area contributed by atoms with E-state index in [1.165, 1.54) is 34.9 Å². The van der Waals surface area contributed by atoms with Crippen LogP contribution in [0.4, 0.5) is 14.6 Å². The zero-order valence-electron chi connectivity index (χ0n) is 23.7. The predicted molar refractivity (Wildman–Crippen MR) is 167 cm³/mol. The van der Waals surface area contributed by atoms with Crippen LogP contribution in [0.15, 0.2) is 103 Å². The largest absolute Gasteiger partial charge is 0.497 e. The third-order valence-electron chi connectivity index (χ3n) is 7.35. The van der Waals surface area contributed by atoms with Crippen molar-refractivity contribution in [1.29, 1.82) is 0 Å². The average molecular weight is 611 g/mol. The Labute approximate surface area is 257 Å². The summed E-state index contributed by atoms with van der Waals surface area (Å²) in [6.07, 6.45) is 0. The number of nitrogens with zero attached hydrogens (tertiary/aromatic N) is 3. The third-order valence-corrected chi connectivity index (χ3v) is 8.58. The molecule has 5 aromatic rings. The molecule has 4 aromatic carbocycles. The molecule has 0 aliphatic carbocycles. The Kier molecular flexibility index (Phi) is 8.42. The molecular formula is C34H28F2N4O3S. The van der Waals surface area contributed by atoms with Gasteiger partial charge >= 0.3 is 0 Å². The maximum Gasteiger partial charge on any atom is 0.240 e. The highest BCUT2D eigenvalue weighted by molar-refractivity contribution is 8.00. The molecule has 1 aliphatic heterocycles. The number of ether oxygens (including phenoxy) is 1. The van der Waals surface area contributed by atoms with Crippen LogP contribution in [0, 0.1) is 11.6 Å². The maximum absolute atomic E-state index is 15.4. The first-order chi connectivity index (χ1) is 21.4. The summed E-state index contributed by atoms with van der Waals surface area (Å²) in [6.45, 7) is -0.138. The van der Waals surface area contributed by atoms with Crippen LogP contribution in [0.25, 0.3) is 16.9 Å². The summed E-state index contributed by atoms with van der Waals surface area (Å²) in [4.78, 5) is 28.6. The number of fused-ring (bicyclic) bond motifs is 1. The summed E-state index contributed by atoms with van der Waals surface area (Å²) >= 11 is 1.30. The number of aromatic nitrogens is 2. The van der Waals surface area contributed by atoms with Gasteiger partial charge in [0.2, 0.25) is 11.8 Å². The zero-order chi connectivity index (χ0) is 30.6. The topological polar surface area (TPSA) is 76.5 Å². The Bertz CT molecular complexity index is 1790. The first-order valence-electron chi connectivity index (χ1n) is 13.9. The Balaban J connectivity index is 1.50. The predicted octanol–water partition coefficient (Wildman–Crippen LogP) is 6.31. The van der Waals surface area contributed by atoms with E-state index in [0.717, 1.165) is 5.56 Å². The molecule has 6 rings (SSSR count). The van der Waals surface area contributed by atoms with Crippen molar-refractivity contribution in [3.05, 3.63) is 131 Å². The van der Waals surface area contributed by atoms with Crippen molar-refractivity contribution < 1.29 is 23.1 Å². The number of hydrogen-bond donors (Lipinski definition) is 1. The normalized spacial score (nSPS) is 14.6. The summed E-state index contributed by atoms with van der Waals surface area (Å²) in [7, 11) is 1.57. The van der Waals surface area contributed by atoms with Gasteiger partial charge in [0.1, 0.15) is 29.7 Å². The lowest BCUT2D eigenvalue weighted by Crippen LogP contribution is -2.42. The highest BCUT2D eigenvalue weighted by Gasteiger charge is 2.38. The number of nitrogens with one attached hydrogen (secondary N) is 1. The Morgan fingerprint density at radius 2 is 1.66 bits per heavy atom. The van der Waals surface area contributed by atoms with E-state index in [2.05, 4.69) is 5.32 Å². The number of carbonyl (C=O) groups is 2. The zero-order valence-corrected chi connectivity index (χ0v) is 24.6. The van der Waals surface area contributed by atoms with Crippen molar-refractivity contribution in [2.24, 2.45) is 0 Å². The molecule has 7 nitrogen and oxygen atoms in total. The first-order valence-corrected chi connectivity index (χ1v) is 15.0. The monoisotopic (exact) mass is 610 g/mol. The molecule has 222 valence electrons. The quantitative estimate of drug-likeness (QED) is 0.223. The van der Waals surface area contributed by atoms with E-state index in [1.807, 2.05) is 42.5 Å². The molecule has 0 radical (unpaired) electrons. The molecule has 0 unspecified atom stereocenters. The molecule has 1 atom stereocenters. The number of thioether (sulfide) groups is 1. The fourth-order valence-electron chi connectivity index (χ4n) is 5.17. The number of benzene rings is 4. The molecule has 0 saturated carbocycles. The number of amides is 2. The van der Waals surface area contributed by atoms with E-state index in [1.54, 1.807) is 54.3 Å². The van der Waals surface area contributed by atoms with Crippen molar-refractivity contribution in [2.45, 2.75) is 11.8 Å². The smallest absolute Gasteiger partial charge is 0.240 e. The number of halogens is 2. The van der Waals surface area contributed by atoms with Gasteiger partial charge < -0.3 is 10.1 Å². The van der Waals surface area contributed by atoms with Gasteiger partial charge in [-0.05, 0) is 48.0 Å². The molecule has 1 aromatic heterocycles. The SMILES string of the molecule is COc1ccc(-n2nc(-c3ccccc3)c3c2N(CC(=O)NCc2ccc(F)cc2)C(=O)CS[C@H]3c2ccccc2F)cc1. The number of carbonyl (C=O) groups excluding carboxylic acids is 2. The maximum atomic E-state index is 15.4. The molecule has 0 fully saturated rings. The van der Waals surface area contributed by atoms with Crippen molar-refractivity contribution in [1.82, 2.24) is 15.1 Å². The van der Waals surface area contributed by atoms with Crippen LogP contribution in [0.5, 0.6) is 5.75 Å². The molecule has 2 amide bonds. The lowest BCUT2D eigenvalue weighted by Gasteiger charge is -2.23. The number of methoxy groups -OCH3 is 1. The van der Waals surface area contributed by atoms with Gasteiger partial charge in [0.15, 0.2) is 0 Å². The lowest BCUT2D eigenvalue weighted by molar-refractivity contribution is -0.123. The first kappa shape index (κ1) is 29.1. The van der Waals surface area contributed by atoms with Crippen LogP contribution >= 0.6 is 11.8 Å². The molecule has 0 bridgehead atoms. The molecular weight excluding hydrogens is 582 g/mol. The van der Waals surface area contributed by atoms with Gasteiger partial charge in [-0.2, -0.15) is 5.10 Å². The minimum atomic E-state index is -0.593. The Morgan fingerprint density at radius 3 is 2.36 bits per heavy atom. The van der Waals surface area contributed by atoms with E-state index in [9.17, 15) is 14.0 Å². The van der Waals surface area contributed by atoms with Gasteiger partial charge in [-0.15, -0.1) is 11.8 Å². The minimum Gasteiger partial charge on any atom is -0.497 e. The molecule has 44 heavy (non-hydrogen) atoms. The molecule has 1 N–H and O–H groups in total. The van der Waals surface area contributed by atoms with Gasteiger partial charge in [0.25, 0.3) is 0 Å². The fraction of sp³-hybridized carbons (Fsp3) is 0.147. The van der Waals surface area contributed by atoms with Crippen molar-refractivity contribution in [2.75, 3.05) is 24.3 Å². The van der Waals surface area contributed by atoms with Crippen LogP contribution < -0.4 is 15.0 Å². The summed E-state index contributed by atoms with van der Waals surface area (Å²) in [5, 5.41) is 7.25. The summed E-state index contributed by atoms with van der Waals surface area (Å²) < 4.78 is 35.8. The van der Waals surface area contributed by atoms with Crippen molar-refractivity contribution >= 4 is 29.4 Å². The second-order valence-corrected chi connectivity index (χ2v) is 11.3. The molecule has 0 saturated heterocycles. The fourth-order valence-corrected chi connectivity index (χ4v) is 6.39. The minimum absolute atomic E-state index is 0.00969. The summed E-state index contributed by atoms with van der Waals surface area (Å²) in [5.41, 5.74) is 3.75. The van der Waals surface area contributed by atoms with Crippen molar-refractivity contribution in [3.63, 3.8) is 0 Å². The number of anilines is 1. The van der Waals surface area contributed by atoms with Crippen LogP contribution in [0.2, 0.25) is 0 Å². The summed E-state index contributed by atoms with van der Waals surface area (Å²) in [6, 6.07) is 29.0. The number of hydrogen-bond acceptors (Lipinski definition) is 5. The highest BCUT2D eigenvalue weighted by Crippen LogP contribution is 2.49. The van der Waals surface area contributed by atoms with Crippen LogP contribution in [0.1, 0.15) is 21.9 Å². The Hall–Kier alpha value is -4.96. The van der Waals surface area contributed by atoms with E-state index in [4.69, 9.17) is 9.84 Å². The molecule has 10 heteroatoms. The molecule has 1 aliphatic rings. The van der Waals surface area contributed by atoms with E-state index < -0.39 is 17.0 Å². The third kappa shape index (κ3) is 5.93. The second-order valence-electron chi connectivity index (χ2n) is 10.2. The number of rotatable bonds is 8. The molecule has 2 heterocycles. The van der Waals surface area contributed by atoms with E-state index in [-0.39, 0.29) is 30.6 Å². The second kappa shape index (κ2) is 12.7. The van der Waals surface area contributed by atoms with E-state index in [0.29, 0.717) is 39.6 Å². The van der Waals surface area contributed by atoms with E-state index >= 15 is 4.39 Å². The highest BCUT2D eigenvalue weighted by atomic mass is 32.2. The van der Waals surface area contributed by atoms with Gasteiger partial charge in [-0.3, -0.25) is 14.5 Å². The summed E-state index contributed by atoms with van der Waals surface area (Å²) in [5.74, 6) is -0.461. The van der Waals surface area contributed by atoms with Gasteiger partial charge in [0, 0.05) is 23.2 Å². The standard InChI is InChI=1S/C34H28F2N4O3S/c1-43-26-17-15-25(16-18-26)40-34-31(32(38-40)23-7-3-2-4-8-23)33(27-9-5-6-10-28(27)36)44-21-30(42)39(34)20-29(41)37-19-22-11-13-24(35)14-12-22/h2-18,33H,19-21H2,1H3,(H,37,41)/t33-/m0/s1. The van der Waals surface area contributed by atoms with Crippen molar-refractivity contribution in [3.8, 4) is 22.7 Å².